The Bertz CT molecular complexity index is 861. The minimum absolute atomic E-state index is 0.220. The Morgan fingerprint density at radius 2 is 1.72 bits per heavy atom. The molecule has 1 atom stereocenters. The minimum Gasteiger partial charge on any atom is -0.445 e. The first-order valence-corrected chi connectivity index (χ1v) is 8.22. The first kappa shape index (κ1) is 17.2. The predicted octanol–water partition coefficient (Wildman–Crippen LogP) is 4.53. The van der Waals surface area contributed by atoms with Crippen LogP contribution in [-0.2, 0) is 19.1 Å². The van der Waals surface area contributed by atoms with Crippen molar-refractivity contribution in [2.45, 2.75) is 26.9 Å². The molecule has 0 saturated heterocycles. The number of halogens is 1. The molecule has 128 valence electrons. The Morgan fingerprint density at radius 1 is 1.12 bits per heavy atom. The highest BCUT2D eigenvalue weighted by Gasteiger charge is 2.39. The largest absolute Gasteiger partial charge is 0.445 e. The van der Waals surface area contributed by atoms with E-state index in [1.165, 1.54) is 6.92 Å². The Balaban J connectivity index is 2.22. The molecule has 0 saturated carbocycles. The highest BCUT2D eigenvalue weighted by Crippen LogP contribution is 2.42. The SMILES string of the molecule is CC(=O)OC1=C(c2c(C)cc(Cl)cc2C)C(=O)OC1c1ccccc1. The lowest BCUT2D eigenvalue weighted by atomic mass is 9.94. The zero-order valence-corrected chi connectivity index (χ0v) is 14.9. The van der Waals surface area contributed by atoms with Gasteiger partial charge in [0, 0.05) is 17.5 Å². The van der Waals surface area contributed by atoms with Gasteiger partial charge in [-0.05, 0) is 42.7 Å². The molecule has 2 aromatic rings. The van der Waals surface area contributed by atoms with Gasteiger partial charge in [0.15, 0.2) is 11.9 Å². The van der Waals surface area contributed by atoms with E-state index < -0.39 is 18.0 Å². The molecule has 0 aliphatic carbocycles. The number of hydrogen-bond acceptors (Lipinski definition) is 4. The fraction of sp³-hybridized carbons (Fsp3) is 0.200. The molecule has 0 aromatic heterocycles. The molecular formula is C20H17ClO4. The van der Waals surface area contributed by atoms with Crippen LogP contribution in [0.2, 0.25) is 5.02 Å². The molecule has 0 bridgehead atoms. The van der Waals surface area contributed by atoms with Crippen molar-refractivity contribution in [1.29, 1.82) is 0 Å². The van der Waals surface area contributed by atoms with E-state index in [-0.39, 0.29) is 11.3 Å². The summed E-state index contributed by atoms with van der Waals surface area (Å²) in [5.74, 6) is -0.799. The lowest BCUT2D eigenvalue weighted by Gasteiger charge is -2.14. The highest BCUT2D eigenvalue weighted by molar-refractivity contribution is 6.31. The number of ether oxygens (including phenoxy) is 2. The van der Waals surface area contributed by atoms with Gasteiger partial charge in [0.05, 0.1) is 0 Å². The summed E-state index contributed by atoms with van der Waals surface area (Å²) < 4.78 is 11.0. The molecule has 1 aliphatic heterocycles. The van der Waals surface area contributed by atoms with Crippen LogP contribution in [0.3, 0.4) is 0 Å². The third-order valence-corrected chi connectivity index (χ3v) is 4.24. The van der Waals surface area contributed by atoms with Crippen LogP contribution >= 0.6 is 11.6 Å². The van der Waals surface area contributed by atoms with Crippen LogP contribution in [-0.4, -0.2) is 11.9 Å². The van der Waals surface area contributed by atoms with Crippen molar-refractivity contribution in [1.82, 2.24) is 0 Å². The molecule has 0 spiro atoms. The van der Waals surface area contributed by atoms with Gasteiger partial charge in [0.2, 0.25) is 0 Å². The van der Waals surface area contributed by atoms with Gasteiger partial charge in [0.1, 0.15) is 5.57 Å². The molecule has 1 heterocycles. The molecule has 4 nitrogen and oxygen atoms in total. The second kappa shape index (κ2) is 6.73. The number of carbonyl (C=O) groups is 2. The fourth-order valence-electron chi connectivity index (χ4n) is 3.09. The Hall–Kier alpha value is -2.59. The first-order chi connectivity index (χ1) is 11.9. The summed E-state index contributed by atoms with van der Waals surface area (Å²) in [6, 6.07) is 12.7. The number of benzene rings is 2. The third kappa shape index (κ3) is 3.30. The van der Waals surface area contributed by atoms with Gasteiger partial charge >= 0.3 is 11.9 Å². The fourth-order valence-corrected chi connectivity index (χ4v) is 3.42. The molecule has 3 rings (SSSR count). The number of carbonyl (C=O) groups excluding carboxylic acids is 2. The zero-order chi connectivity index (χ0) is 18.1. The van der Waals surface area contributed by atoms with Crippen molar-refractivity contribution >= 4 is 29.1 Å². The molecule has 25 heavy (non-hydrogen) atoms. The molecule has 0 N–H and O–H groups in total. The second-order valence-corrected chi connectivity index (χ2v) is 6.38. The molecule has 2 aromatic carbocycles. The zero-order valence-electron chi connectivity index (χ0n) is 14.1. The van der Waals surface area contributed by atoms with Gasteiger partial charge in [-0.2, -0.15) is 0 Å². The van der Waals surface area contributed by atoms with E-state index in [4.69, 9.17) is 21.1 Å². The van der Waals surface area contributed by atoms with Crippen molar-refractivity contribution in [2.75, 3.05) is 0 Å². The summed E-state index contributed by atoms with van der Waals surface area (Å²) in [6.07, 6.45) is -0.748. The van der Waals surface area contributed by atoms with Crippen molar-refractivity contribution in [3.63, 3.8) is 0 Å². The number of aryl methyl sites for hydroxylation is 2. The van der Waals surface area contributed by atoms with Crippen LogP contribution < -0.4 is 0 Å². The van der Waals surface area contributed by atoms with Crippen LogP contribution in [0.4, 0.5) is 0 Å². The maximum absolute atomic E-state index is 12.6. The summed E-state index contributed by atoms with van der Waals surface area (Å²) in [7, 11) is 0. The van der Waals surface area contributed by atoms with Gasteiger partial charge in [-0.1, -0.05) is 41.9 Å². The molecule has 0 amide bonds. The summed E-state index contributed by atoms with van der Waals surface area (Å²) in [4.78, 5) is 24.3. The summed E-state index contributed by atoms with van der Waals surface area (Å²) in [5.41, 5.74) is 3.33. The van der Waals surface area contributed by atoms with E-state index in [1.807, 2.05) is 44.2 Å². The average molecular weight is 357 g/mol. The van der Waals surface area contributed by atoms with Crippen molar-refractivity contribution in [2.24, 2.45) is 0 Å². The van der Waals surface area contributed by atoms with E-state index in [1.54, 1.807) is 12.1 Å². The minimum atomic E-state index is -0.748. The molecule has 1 unspecified atom stereocenters. The number of cyclic esters (lactones) is 1. The quantitative estimate of drug-likeness (QED) is 0.758. The Kier molecular flexibility index (Phi) is 4.64. The number of hydrogen-bond donors (Lipinski definition) is 0. The maximum atomic E-state index is 12.6. The number of rotatable bonds is 3. The molecule has 0 fully saturated rings. The topological polar surface area (TPSA) is 52.6 Å². The van der Waals surface area contributed by atoms with Gasteiger partial charge in [-0.25, -0.2) is 4.79 Å². The Morgan fingerprint density at radius 3 is 2.28 bits per heavy atom. The van der Waals surface area contributed by atoms with Crippen molar-refractivity contribution in [3.8, 4) is 0 Å². The van der Waals surface area contributed by atoms with Crippen molar-refractivity contribution < 1.29 is 19.1 Å². The van der Waals surface area contributed by atoms with Crippen LogP contribution in [0.15, 0.2) is 48.2 Å². The average Bonchev–Trinajstić information content (AvgIpc) is 2.84. The van der Waals surface area contributed by atoms with E-state index in [0.717, 1.165) is 16.7 Å². The van der Waals surface area contributed by atoms with Gasteiger partial charge in [-0.3, -0.25) is 4.79 Å². The van der Waals surface area contributed by atoms with E-state index in [0.29, 0.717) is 10.6 Å². The van der Waals surface area contributed by atoms with Crippen LogP contribution in [0.1, 0.15) is 35.3 Å². The monoisotopic (exact) mass is 356 g/mol. The first-order valence-electron chi connectivity index (χ1n) is 7.84. The summed E-state index contributed by atoms with van der Waals surface area (Å²) >= 11 is 6.09. The van der Waals surface area contributed by atoms with Crippen LogP contribution in [0, 0.1) is 13.8 Å². The lowest BCUT2D eigenvalue weighted by Crippen LogP contribution is -2.07. The van der Waals surface area contributed by atoms with E-state index in [9.17, 15) is 9.59 Å². The maximum Gasteiger partial charge on any atom is 0.343 e. The predicted molar refractivity (Wildman–Crippen MR) is 94.9 cm³/mol. The summed E-state index contributed by atoms with van der Waals surface area (Å²) in [6.45, 7) is 5.02. The summed E-state index contributed by atoms with van der Waals surface area (Å²) in [5, 5.41) is 0.583. The van der Waals surface area contributed by atoms with Crippen LogP contribution in [0.25, 0.3) is 5.57 Å². The Labute approximate surface area is 151 Å². The molecule has 0 radical (unpaired) electrons. The van der Waals surface area contributed by atoms with Gasteiger partial charge < -0.3 is 9.47 Å². The van der Waals surface area contributed by atoms with Crippen molar-refractivity contribution in [3.05, 3.63) is 75.5 Å². The van der Waals surface area contributed by atoms with E-state index >= 15 is 0 Å². The highest BCUT2D eigenvalue weighted by atomic mass is 35.5. The standard InChI is InChI=1S/C20H17ClO4/c1-11-9-15(21)10-12(2)16(11)17-19(24-13(3)22)18(25-20(17)23)14-7-5-4-6-8-14/h4-10,18H,1-3H3. The molecule has 1 aliphatic rings. The van der Waals surface area contributed by atoms with Gasteiger partial charge in [0.25, 0.3) is 0 Å². The van der Waals surface area contributed by atoms with Gasteiger partial charge in [-0.15, -0.1) is 0 Å². The normalized spacial score (nSPS) is 16.8. The lowest BCUT2D eigenvalue weighted by molar-refractivity contribution is -0.143. The molecular weight excluding hydrogens is 340 g/mol. The second-order valence-electron chi connectivity index (χ2n) is 5.94. The third-order valence-electron chi connectivity index (χ3n) is 4.02. The van der Waals surface area contributed by atoms with Crippen LogP contribution in [0.5, 0.6) is 0 Å². The number of esters is 2. The smallest absolute Gasteiger partial charge is 0.343 e. The molecule has 5 heteroatoms. The van der Waals surface area contributed by atoms with E-state index in [2.05, 4.69) is 0 Å².